The van der Waals surface area contributed by atoms with E-state index in [1.807, 2.05) is 0 Å². The molecule has 1 aromatic rings. The van der Waals surface area contributed by atoms with Crippen molar-refractivity contribution in [3.05, 3.63) is 34.8 Å². The van der Waals surface area contributed by atoms with Gasteiger partial charge < -0.3 is 5.73 Å². The molecule has 100 valence electrons. The smallest absolute Gasteiger partial charge is 0.242 e. The molecule has 7 heteroatoms. The summed E-state index contributed by atoms with van der Waals surface area (Å²) in [6.07, 6.45) is 3.13. The van der Waals surface area contributed by atoms with Crippen LogP contribution in [0.15, 0.2) is 29.7 Å². The highest BCUT2D eigenvalue weighted by atomic mass is 35.5. The number of anilines is 1. The van der Waals surface area contributed by atoms with E-state index in [1.165, 1.54) is 12.1 Å². The average molecular weight is 309 g/mol. The molecule has 0 heterocycles. The Labute approximate surface area is 117 Å². The Hall–Kier alpha value is -0.750. The Bertz CT molecular complexity index is 544. The molecular formula is C11H14Cl2N2O2S. The van der Waals surface area contributed by atoms with Crippen LogP contribution < -0.4 is 10.5 Å². The van der Waals surface area contributed by atoms with Crippen molar-refractivity contribution >= 4 is 38.9 Å². The molecule has 0 saturated carbocycles. The summed E-state index contributed by atoms with van der Waals surface area (Å²) < 4.78 is 26.4. The first-order valence-corrected chi connectivity index (χ1v) is 7.48. The normalized spacial score (nSPS) is 11.4. The van der Waals surface area contributed by atoms with Gasteiger partial charge in [-0.05, 0) is 25.0 Å². The Balaban J connectivity index is 2.92. The summed E-state index contributed by atoms with van der Waals surface area (Å²) in [5.74, 6) is 0. The molecule has 0 fully saturated rings. The van der Waals surface area contributed by atoms with Crippen molar-refractivity contribution in [3.8, 4) is 0 Å². The molecule has 1 rings (SSSR count). The number of halogens is 2. The highest BCUT2D eigenvalue weighted by Gasteiger charge is 2.19. The van der Waals surface area contributed by atoms with E-state index in [-0.39, 0.29) is 20.6 Å². The van der Waals surface area contributed by atoms with Gasteiger partial charge in [-0.15, -0.1) is 6.58 Å². The van der Waals surface area contributed by atoms with Crippen LogP contribution in [0.3, 0.4) is 0 Å². The fourth-order valence-corrected chi connectivity index (χ4v) is 3.12. The SMILES string of the molecule is C=CCCCNS(=O)(=O)c1ccc(Cl)c(N)c1Cl. The molecule has 0 aliphatic rings. The third-order valence-corrected chi connectivity index (χ3v) is 4.61. The first kappa shape index (κ1) is 15.3. The van der Waals surface area contributed by atoms with E-state index >= 15 is 0 Å². The summed E-state index contributed by atoms with van der Waals surface area (Å²) in [6.45, 7) is 3.87. The van der Waals surface area contributed by atoms with Crippen LogP contribution in [-0.4, -0.2) is 15.0 Å². The Kier molecular flexibility index (Phi) is 5.47. The van der Waals surface area contributed by atoms with Gasteiger partial charge in [0.2, 0.25) is 10.0 Å². The van der Waals surface area contributed by atoms with E-state index in [0.29, 0.717) is 13.0 Å². The second-order valence-electron chi connectivity index (χ2n) is 3.60. The van der Waals surface area contributed by atoms with Crippen LogP contribution in [0, 0.1) is 0 Å². The van der Waals surface area contributed by atoms with Gasteiger partial charge in [-0.1, -0.05) is 29.3 Å². The quantitative estimate of drug-likeness (QED) is 0.482. The molecule has 0 unspecified atom stereocenters. The largest absolute Gasteiger partial charge is 0.396 e. The molecule has 0 aliphatic heterocycles. The monoisotopic (exact) mass is 308 g/mol. The molecule has 0 aromatic heterocycles. The van der Waals surface area contributed by atoms with Crippen LogP contribution >= 0.6 is 23.2 Å². The van der Waals surface area contributed by atoms with Crippen molar-refractivity contribution in [1.82, 2.24) is 4.72 Å². The van der Waals surface area contributed by atoms with Gasteiger partial charge in [0, 0.05) is 6.54 Å². The standard InChI is InChI=1S/C11H14Cl2N2O2S/c1-2-3-4-7-15-18(16,17)9-6-5-8(12)11(14)10(9)13/h2,5-6,15H,1,3-4,7,14H2. The molecule has 4 nitrogen and oxygen atoms in total. The molecule has 3 N–H and O–H groups in total. The molecule has 0 radical (unpaired) electrons. The summed E-state index contributed by atoms with van der Waals surface area (Å²) in [5.41, 5.74) is 5.65. The maximum Gasteiger partial charge on any atom is 0.242 e. The lowest BCUT2D eigenvalue weighted by Crippen LogP contribution is -2.25. The molecular weight excluding hydrogens is 295 g/mol. The van der Waals surface area contributed by atoms with Crippen LogP contribution in [0.1, 0.15) is 12.8 Å². The summed E-state index contributed by atoms with van der Waals surface area (Å²) in [6, 6.07) is 2.73. The minimum Gasteiger partial charge on any atom is -0.396 e. The second kappa shape index (κ2) is 6.43. The van der Waals surface area contributed by atoms with E-state index in [9.17, 15) is 8.42 Å². The van der Waals surface area contributed by atoms with Gasteiger partial charge in [-0.25, -0.2) is 13.1 Å². The number of sulfonamides is 1. The van der Waals surface area contributed by atoms with Gasteiger partial charge >= 0.3 is 0 Å². The molecule has 0 aliphatic carbocycles. The summed E-state index contributed by atoms with van der Waals surface area (Å²) in [7, 11) is -3.67. The molecule has 0 spiro atoms. The zero-order valence-corrected chi connectivity index (χ0v) is 11.9. The van der Waals surface area contributed by atoms with Crippen molar-refractivity contribution in [1.29, 1.82) is 0 Å². The van der Waals surface area contributed by atoms with E-state index in [0.717, 1.165) is 6.42 Å². The number of unbranched alkanes of at least 4 members (excludes halogenated alkanes) is 1. The lowest BCUT2D eigenvalue weighted by Gasteiger charge is -2.10. The predicted octanol–water partition coefficient (Wildman–Crippen LogP) is 2.82. The highest BCUT2D eigenvalue weighted by molar-refractivity contribution is 7.89. The lowest BCUT2D eigenvalue weighted by molar-refractivity contribution is 0.579. The van der Waals surface area contributed by atoms with Crippen LogP contribution in [-0.2, 0) is 10.0 Å². The zero-order chi connectivity index (χ0) is 13.8. The zero-order valence-electron chi connectivity index (χ0n) is 9.62. The fourth-order valence-electron chi connectivity index (χ4n) is 1.29. The van der Waals surface area contributed by atoms with Crippen molar-refractivity contribution in [2.24, 2.45) is 0 Å². The van der Waals surface area contributed by atoms with E-state index in [2.05, 4.69) is 11.3 Å². The first-order valence-electron chi connectivity index (χ1n) is 5.24. The number of allylic oxidation sites excluding steroid dienone is 1. The number of nitrogen functional groups attached to an aromatic ring is 1. The summed E-state index contributed by atoms with van der Waals surface area (Å²) in [4.78, 5) is -0.0651. The minimum atomic E-state index is -3.67. The average Bonchev–Trinajstić information content (AvgIpc) is 2.31. The maximum absolute atomic E-state index is 12.0. The van der Waals surface area contributed by atoms with Crippen LogP contribution in [0.4, 0.5) is 5.69 Å². The molecule has 0 saturated heterocycles. The molecule has 18 heavy (non-hydrogen) atoms. The van der Waals surface area contributed by atoms with Gasteiger partial charge in [0.15, 0.2) is 0 Å². The van der Waals surface area contributed by atoms with Gasteiger partial charge in [0.05, 0.1) is 15.7 Å². The Morgan fingerprint density at radius 1 is 1.39 bits per heavy atom. The summed E-state index contributed by atoms with van der Waals surface area (Å²) in [5, 5.41) is 0.171. The van der Waals surface area contributed by atoms with Gasteiger partial charge in [0.1, 0.15) is 4.90 Å². The molecule has 0 amide bonds. The van der Waals surface area contributed by atoms with Gasteiger partial charge in [-0.2, -0.15) is 0 Å². The van der Waals surface area contributed by atoms with Crippen LogP contribution in [0.2, 0.25) is 10.0 Å². The molecule has 0 atom stereocenters. The topological polar surface area (TPSA) is 72.2 Å². The third kappa shape index (κ3) is 3.62. The molecule has 0 bridgehead atoms. The number of benzene rings is 1. The van der Waals surface area contributed by atoms with Crippen molar-refractivity contribution < 1.29 is 8.42 Å². The number of rotatable bonds is 6. The lowest BCUT2D eigenvalue weighted by atomic mass is 10.3. The van der Waals surface area contributed by atoms with Crippen molar-refractivity contribution in [2.75, 3.05) is 12.3 Å². The van der Waals surface area contributed by atoms with Gasteiger partial charge in [-0.3, -0.25) is 0 Å². The van der Waals surface area contributed by atoms with E-state index in [1.54, 1.807) is 6.08 Å². The Morgan fingerprint density at radius 2 is 2.06 bits per heavy atom. The van der Waals surface area contributed by atoms with Crippen molar-refractivity contribution in [3.63, 3.8) is 0 Å². The maximum atomic E-state index is 12.0. The number of nitrogens with two attached hydrogens (primary N) is 1. The minimum absolute atomic E-state index is 0.0567. The fraction of sp³-hybridized carbons (Fsp3) is 0.273. The second-order valence-corrected chi connectivity index (χ2v) is 6.12. The summed E-state index contributed by atoms with van der Waals surface area (Å²) >= 11 is 11.6. The van der Waals surface area contributed by atoms with Crippen LogP contribution in [0.25, 0.3) is 0 Å². The van der Waals surface area contributed by atoms with E-state index in [4.69, 9.17) is 28.9 Å². The first-order chi connectivity index (χ1) is 8.40. The highest BCUT2D eigenvalue weighted by Crippen LogP contribution is 2.32. The number of hydrogen-bond acceptors (Lipinski definition) is 3. The third-order valence-electron chi connectivity index (χ3n) is 2.26. The number of nitrogens with one attached hydrogen (secondary N) is 1. The number of hydrogen-bond donors (Lipinski definition) is 2. The predicted molar refractivity (Wildman–Crippen MR) is 75.5 cm³/mol. The molecule has 1 aromatic carbocycles. The van der Waals surface area contributed by atoms with Gasteiger partial charge in [0.25, 0.3) is 0 Å². The van der Waals surface area contributed by atoms with E-state index < -0.39 is 10.0 Å². The van der Waals surface area contributed by atoms with Crippen molar-refractivity contribution in [2.45, 2.75) is 17.7 Å². The Morgan fingerprint density at radius 3 is 2.67 bits per heavy atom. The van der Waals surface area contributed by atoms with Crippen LogP contribution in [0.5, 0.6) is 0 Å².